The second-order valence-electron chi connectivity index (χ2n) is 9.55. The summed E-state index contributed by atoms with van der Waals surface area (Å²) >= 11 is 0. The number of hydrogen-bond acceptors (Lipinski definition) is 6. The van der Waals surface area contributed by atoms with Gasteiger partial charge in [-0.2, -0.15) is 18.6 Å². The van der Waals surface area contributed by atoms with Crippen molar-refractivity contribution in [3.63, 3.8) is 0 Å². The molecule has 192 valence electrons. The zero-order valence-electron chi connectivity index (χ0n) is 20.9. The quantitative estimate of drug-likeness (QED) is 0.377. The molecule has 3 aromatic heterocycles. The summed E-state index contributed by atoms with van der Waals surface area (Å²) in [4.78, 5) is 17.7. The first-order valence-corrected chi connectivity index (χ1v) is 14.1. The van der Waals surface area contributed by atoms with Crippen LogP contribution >= 0.6 is 0 Å². The number of hydrogen-bond donors (Lipinski definition) is 1. The Morgan fingerprint density at radius 3 is 2.61 bits per heavy atom. The van der Waals surface area contributed by atoms with Crippen LogP contribution in [0.2, 0.25) is 0 Å². The van der Waals surface area contributed by atoms with Crippen LogP contribution in [0.25, 0.3) is 33.7 Å². The van der Waals surface area contributed by atoms with Crippen LogP contribution in [0.5, 0.6) is 0 Å². The van der Waals surface area contributed by atoms with Crippen molar-refractivity contribution in [3.8, 4) is 22.8 Å². The van der Waals surface area contributed by atoms with E-state index in [0.717, 1.165) is 41.4 Å². The fraction of sp³-hybridized carbons (Fsp3) is 0.214. The molecule has 5 aromatic rings. The minimum Gasteiger partial charge on any atom is -0.287 e. The second-order valence-corrected chi connectivity index (χ2v) is 11.6. The average molecular weight is 528 g/mol. The fourth-order valence-corrected chi connectivity index (χ4v) is 6.70. The van der Waals surface area contributed by atoms with Crippen molar-refractivity contribution in [1.82, 2.24) is 24.5 Å². The summed E-state index contributed by atoms with van der Waals surface area (Å²) in [5.74, 6) is 0. The van der Waals surface area contributed by atoms with Crippen LogP contribution in [-0.2, 0) is 10.0 Å². The van der Waals surface area contributed by atoms with Crippen LogP contribution in [-0.4, -0.2) is 46.1 Å². The van der Waals surface area contributed by atoms with Gasteiger partial charge in [0, 0.05) is 23.8 Å². The van der Waals surface area contributed by atoms with Gasteiger partial charge in [0.15, 0.2) is 5.69 Å². The Kier molecular flexibility index (Phi) is 6.13. The molecule has 0 unspecified atom stereocenters. The van der Waals surface area contributed by atoms with Crippen LogP contribution in [0.1, 0.15) is 24.8 Å². The summed E-state index contributed by atoms with van der Waals surface area (Å²) in [6.45, 7) is 3.23. The molecule has 0 bridgehead atoms. The highest BCUT2D eigenvalue weighted by Crippen LogP contribution is 2.25. The van der Waals surface area contributed by atoms with E-state index in [1.807, 2.05) is 31.2 Å². The van der Waals surface area contributed by atoms with Crippen molar-refractivity contribution in [2.24, 2.45) is 0 Å². The monoisotopic (exact) mass is 527 g/mol. The fourth-order valence-electron chi connectivity index (χ4n) is 5.01. The van der Waals surface area contributed by atoms with E-state index in [1.54, 1.807) is 53.6 Å². The van der Waals surface area contributed by atoms with Gasteiger partial charge in [0.2, 0.25) is 5.43 Å². The Bertz CT molecular complexity index is 1820. The summed E-state index contributed by atoms with van der Waals surface area (Å²) in [5, 5.41) is 10.0. The highest BCUT2D eigenvalue weighted by molar-refractivity contribution is 7.85. The molecule has 0 atom stereocenters. The molecule has 4 heterocycles. The number of fused-ring (bicyclic) bond motifs is 1. The molecular weight excluding hydrogens is 500 g/mol. The van der Waals surface area contributed by atoms with Crippen molar-refractivity contribution in [2.45, 2.75) is 31.1 Å². The molecule has 2 aromatic carbocycles. The Morgan fingerprint density at radius 2 is 1.76 bits per heavy atom. The molecule has 0 amide bonds. The molecule has 9 nitrogen and oxygen atoms in total. The minimum atomic E-state index is -3.53. The molecule has 1 N–H and O–H groups in total. The molecule has 6 rings (SSSR count). The molecule has 0 spiro atoms. The van der Waals surface area contributed by atoms with Crippen molar-refractivity contribution in [2.75, 3.05) is 13.1 Å². The summed E-state index contributed by atoms with van der Waals surface area (Å²) in [7, 11) is -3.53. The molecule has 1 aliphatic rings. The first-order chi connectivity index (χ1) is 18.4. The number of benzene rings is 2. The van der Waals surface area contributed by atoms with E-state index in [0.29, 0.717) is 28.8 Å². The molecular formula is C28H27N6O3S+. The summed E-state index contributed by atoms with van der Waals surface area (Å²) in [5.41, 5.74) is 3.73. The molecule has 38 heavy (non-hydrogen) atoms. The van der Waals surface area contributed by atoms with Gasteiger partial charge in [0.1, 0.15) is 4.90 Å². The van der Waals surface area contributed by atoms with E-state index in [9.17, 15) is 13.2 Å². The van der Waals surface area contributed by atoms with E-state index < -0.39 is 10.0 Å². The number of aryl methyl sites for hydroxylation is 1. The van der Waals surface area contributed by atoms with E-state index in [-0.39, 0.29) is 16.0 Å². The van der Waals surface area contributed by atoms with Gasteiger partial charge in [-0.05, 0) is 68.1 Å². The maximum atomic E-state index is 13.3. The third-order valence-corrected chi connectivity index (χ3v) is 9.02. The number of pyridine rings is 1. The lowest BCUT2D eigenvalue weighted by Crippen LogP contribution is -3.14. The van der Waals surface area contributed by atoms with Gasteiger partial charge in [0.05, 0.1) is 41.9 Å². The largest absolute Gasteiger partial charge is 0.325 e. The van der Waals surface area contributed by atoms with Crippen LogP contribution < -0.4 is 9.73 Å². The average Bonchev–Trinajstić information content (AvgIpc) is 3.43. The zero-order chi connectivity index (χ0) is 26.3. The molecule has 1 saturated heterocycles. The number of piperidine rings is 1. The Balaban J connectivity index is 1.42. The number of quaternary nitrogens is 1. The van der Waals surface area contributed by atoms with Crippen molar-refractivity contribution < 1.29 is 12.7 Å². The van der Waals surface area contributed by atoms with Crippen molar-refractivity contribution in [3.05, 3.63) is 95.0 Å². The predicted molar refractivity (Wildman–Crippen MR) is 144 cm³/mol. The molecule has 1 fully saturated rings. The van der Waals surface area contributed by atoms with Gasteiger partial charge in [-0.3, -0.25) is 9.78 Å². The van der Waals surface area contributed by atoms with E-state index in [1.165, 1.54) is 10.7 Å². The van der Waals surface area contributed by atoms with Gasteiger partial charge < -0.3 is 0 Å². The minimum absolute atomic E-state index is 0.206. The summed E-state index contributed by atoms with van der Waals surface area (Å²) in [6.07, 6.45) is 7.77. The second kappa shape index (κ2) is 9.62. The normalized spacial score (nSPS) is 14.7. The maximum absolute atomic E-state index is 13.3. The molecule has 0 radical (unpaired) electrons. The standard InChI is InChI=1S/C28H26N6O3S/c1-20-8-9-23-24(18-20)29-13-10-25(23)34-26(11-14-30-34)28-27(35)12-17-33(31-28)21-6-5-7-22(19-21)38(36,37)32-15-3-2-4-16-32/h5-14,17-19H,2-4,15-16H2,1H3/p+1. The van der Waals surface area contributed by atoms with Crippen LogP contribution in [0.15, 0.2) is 88.9 Å². The Hall–Kier alpha value is -4.15. The first kappa shape index (κ1) is 24.2. The van der Waals surface area contributed by atoms with Gasteiger partial charge in [-0.15, -0.1) is 0 Å². The summed E-state index contributed by atoms with van der Waals surface area (Å²) in [6, 6.07) is 17.8. The van der Waals surface area contributed by atoms with E-state index >= 15 is 0 Å². The summed E-state index contributed by atoms with van der Waals surface area (Å²) < 4.78 is 30.4. The van der Waals surface area contributed by atoms with Crippen LogP contribution in [0.3, 0.4) is 0 Å². The first-order valence-electron chi connectivity index (χ1n) is 12.6. The Morgan fingerprint density at radius 1 is 0.921 bits per heavy atom. The van der Waals surface area contributed by atoms with Crippen LogP contribution in [0, 0.1) is 6.92 Å². The number of aromatic nitrogens is 5. The highest BCUT2D eigenvalue weighted by atomic mass is 32.2. The third kappa shape index (κ3) is 4.31. The molecule has 0 saturated carbocycles. The number of rotatable bonds is 5. The van der Waals surface area contributed by atoms with Gasteiger partial charge in [0.25, 0.3) is 0 Å². The smallest absolute Gasteiger partial charge is 0.287 e. The topological polar surface area (TPSA) is 104 Å². The molecule has 0 aliphatic carbocycles. The Labute approximate surface area is 220 Å². The molecule has 10 heteroatoms. The lowest BCUT2D eigenvalue weighted by atomic mass is 10.1. The SMILES string of the molecule is Cc1ccc2c(-n3nccc3-c3nn(-c4cccc(S(=O)(=O)[NH+]5CCCCC5)c4)ccc3=O)ccnc2c1. The van der Waals surface area contributed by atoms with E-state index in [2.05, 4.69) is 15.2 Å². The van der Waals surface area contributed by atoms with Crippen LogP contribution in [0.4, 0.5) is 0 Å². The van der Waals surface area contributed by atoms with Crippen molar-refractivity contribution >= 4 is 20.9 Å². The van der Waals surface area contributed by atoms with Gasteiger partial charge in [-0.1, -0.05) is 18.2 Å². The third-order valence-electron chi connectivity index (χ3n) is 6.98. The van der Waals surface area contributed by atoms with E-state index in [4.69, 9.17) is 0 Å². The van der Waals surface area contributed by atoms with Gasteiger partial charge in [-0.25, -0.2) is 13.7 Å². The predicted octanol–water partition coefficient (Wildman–Crippen LogP) is 2.70. The number of nitrogens with zero attached hydrogens (tertiary/aromatic N) is 5. The number of sulfonamides is 1. The zero-order valence-corrected chi connectivity index (χ0v) is 21.7. The van der Waals surface area contributed by atoms with Crippen molar-refractivity contribution in [1.29, 1.82) is 0 Å². The van der Waals surface area contributed by atoms with Gasteiger partial charge >= 0.3 is 10.0 Å². The lowest BCUT2D eigenvalue weighted by molar-refractivity contribution is -0.773. The lowest BCUT2D eigenvalue weighted by Gasteiger charge is -2.22. The maximum Gasteiger partial charge on any atom is 0.325 e. The molecule has 1 aliphatic heterocycles. The number of nitrogens with one attached hydrogen (secondary N) is 1. The highest BCUT2D eigenvalue weighted by Gasteiger charge is 2.30.